The first kappa shape index (κ1) is 8.89. The lowest BCUT2D eigenvalue weighted by Gasteiger charge is -1.38. The minimum absolute atomic E-state index is 0. The topological polar surface area (TPSA) is 0 Å². The zero-order valence-corrected chi connectivity index (χ0v) is 5.10. The van der Waals surface area contributed by atoms with Crippen LogP contribution in [0.25, 0.3) is 0 Å². The molecule has 1 unspecified atom stereocenters. The summed E-state index contributed by atoms with van der Waals surface area (Å²) < 4.78 is 0. The normalized spacial score (nSPS) is 5.25. The van der Waals surface area contributed by atoms with Crippen LogP contribution < -0.4 is 12.4 Å². The molecule has 4 heavy (non-hydrogen) atoms. The van der Waals surface area contributed by atoms with Crippen LogP contribution in [0.1, 0.15) is 0 Å². The van der Waals surface area contributed by atoms with Gasteiger partial charge in [0.05, 0.1) is 0 Å². The molecule has 3 heteroatoms. The van der Waals surface area contributed by atoms with Gasteiger partial charge in [-0.25, -0.2) is 0 Å². The predicted octanol–water partition coefficient (Wildman–Crippen LogP) is -2.21. The number of hydrogen-bond donors (Lipinski definition) is 0. The van der Waals surface area contributed by atoms with Crippen molar-refractivity contribution in [3.05, 3.63) is 0 Å². The molecule has 0 aromatic heterocycles. The lowest BCUT2D eigenvalue weighted by molar-refractivity contribution is -0.000000508. The first-order valence-electron chi connectivity index (χ1n) is 0.767. The van der Waals surface area contributed by atoms with Gasteiger partial charge in [-0.05, 0) is 9.24 Å². The molecule has 0 radical (unpaired) electrons. The van der Waals surface area contributed by atoms with Crippen molar-refractivity contribution in [2.75, 3.05) is 5.62 Å². The number of rotatable bonds is 0. The molecule has 0 saturated heterocycles. The molecule has 0 saturated carbocycles. The van der Waals surface area contributed by atoms with Gasteiger partial charge in [0.15, 0.2) is 0 Å². The molecule has 0 N–H and O–H groups in total. The van der Waals surface area contributed by atoms with E-state index in [-0.39, 0.29) is 12.4 Å². The van der Waals surface area contributed by atoms with Gasteiger partial charge < -0.3 is 12.4 Å². The highest BCUT2D eigenvalue weighted by Crippen LogP contribution is 1.79. The average Bonchev–Trinajstić information content (AvgIpc) is 0.918. The second-order valence-corrected chi connectivity index (χ2v) is 1.70. The van der Waals surface area contributed by atoms with Crippen molar-refractivity contribution in [3.8, 4) is 0 Å². The Hall–Kier alpha value is 1.01. The molecule has 0 aromatic carbocycles. The lowest BCUT2D eigenvalue weighted by Crippen LogP contribution is -3.00. The van der Waals surface area contributed by atoms with Crippen molar-refractivity contribution in [1.29, 1.82) is 0 Å². The third kappa shape index (κ3) is 11.9. The van der Waals surface area contributed by atoms with E-state index in [9.17, 15) is 0 Å². The summed E-state index contributed by atoms with van der Waals surface area (Å²) in [5.74, 6) is 0. The Balaban J connectivity index is 0. The zero-order valence-electron chi connectivity index (χ0n) is 2.17. The Morgan fingerprint density at radius 2 is 1.75 bits per heavy atom. The molecule has 0 aliphatic rings. The molecule has 0 bridgehead atoms. The van der Waals surface area contributed by atoms with Gasteiger partial charge in [0.25, 0.3) is 0 Å². The van der Waals surface area contributed by atoms with Crippen LogP contribution in [-0.2, 0) is 0 Å². The third-order valence-electron chi connectivity index (χ3n) is 0. The van der Waals surface area contributed by atoms with E-state index in [4.69, 9.17) is 11.6 Å². The van der Waals surface area contributed by atoms with Crippen LogP contribution in [0, 0.1) is 0 Å². The molecular weight excluding hydrogens is 114 g/mol. The van der Waals surface area contributed by atoms with Gasteiger partial charge in [0, 0.05) is 0 Å². The molecule has 0 nitrogen and oxygen atoms in total. The maximum Gasteiger partial charge on any atom is 0.125 e. The van der Waals surface area contributed by atoms with Crippen LogP contribution in [0.15, 0.2) is 0 Å². The fourth-order valence-corrected chi connectivity index (χ4v) is 0. The van der Waals surface area contributed by atoms with Gasteiger partial charge in [0.2, 0.25) is 0 Å². The molecule has 0 aromatic rings. The quantitative estimate of drug-likeness (QED) is 0.250. The van der Waals surface area contributed by atoms with E-state index in [1.807, 2.05) is 0 Å². The van der Waals surface area contributed by atoms with Crippen molar-refractivity contribution >= 4 is 20.8 Å². The van der Waals surface area contributed by atoms with Gasteiger partial charge >= 0.3 is 0 Å². The predicted molar refractivity (Wildman–Crippen MR) is 21.8 cm³/mol. The van der Waals surface area contributed by atoms with Crippen molar-refractivity contribution < 1.29 is 12.4 Å². The number of halogens is 2. The van der Waals surface area contributed by atoms with Crippen LogP contribution in [0.2, 0.25) is 0 Å². The molecule has 28 valence electrons. The molecule has 0 fully saturated rings. The van der Waals surface area contributed by atoms with Crippen LogP contribution in [0.5, 0.6) is 0 Å². The van der Waals surface area contributed by atoms with Crippen LogP contribution in [0.4, 0.5) is 0 Å². The summed E-state index contributed by atoms with van der Waals surface area (Å²) in [6.07, 6.45) is 0. The number of alkyl halides is 1. The summed E-state index contributed by atoms with van der Waals surface area (Å²) in [5, 5.41) is 0. The van der Waals surface area contributed by atoms with Crippen molar-refractivity contribution in [1.82, 2.24) is 0 Å². The standard InChI is InChI=1S/CH4ClP.ClH/c2-1-3;/h1,3H2;1H. The van der Waals surface area contributed by atoms with Crippen molar-refractivity contribution in [3.63, 3.8) is 0 Å². The van der Waals surface area contributed by atoms with E-state index in [0.717, 1.165) is 5.62 Å². The molecule has 0 aliphatic carbocycles. The van der Waals surface area contributed by atoms with E-state index in [0.29, 0.717) is 0 Å². The lowest BCUT2D eigenvalue weighted by atomic mass is 11.9. The minimum atomic E-state index is 0. The Labute approximate surface area is 39.5 Å². The van der Waals surface area contributed by atoms with Gasteiger partial charge in [-0.15, -0.1) is 0 Å². The summed E-state index contributed by atoms with van der Waals surface area (Å²) in [4.78, 5) is 0. The molecule has 0 spiro atoms. The van der Waals surface area contributed by atoms with Crippen LogP contribution in [-0.4, -0.2) is 5.62 Å². The van der Waals surface area contributed by atoms with Crippen LogP contribution >= 0.6 is 20.8 Å². The van der Waals surface area contributed by atoms with Gasteiger partial charge in [-0.3, -0.25) is 0 Å². The Morgan fingerprint density at radius 1 is 1.75 bits per heavy atom. The Kier molecular flexibility index (Phi) is 20.0. The van der Waals surface area contributed by atoms with E-state index >= 15 is 0 Å². The summed E-state index contributed by atoms with van der Waals surface area (Å²) in [6.45, 7) is 0. The van der Waals surface area contributed by atoms with E-state index in [1.165, 1.54) is 0 Å². The first-order chi connectivity index (χ1) is 1.41. The maximum atomic E-state index is 5.01. The van der Waals surface area contributed by atoms with Gasteiger partial charge in [-0.2, -0.15) is 0 Å². The summed E-state index contributed by atoms with van der Waals surface area (Å²) in [6, 6.07) is 0. The van der Waals surface area contributed by atoms with Crippen molar-refractivity contribution in [2.24, 2.45) is 0 Å². The fourth-order valence-electron chi connectivity index (χ4n) is 0. The highest BCUT2D eigenvalue weighted by molar-refractivity contribution is 7.19. The van der Waals surface area contributed by atoms with E-state index in [2.05, 4.69) is 0 Å². The fraction of sp³-hybridized carbons (Fsp3) is 1.00. The highest BCUT2D eigenvalue weighted by Gasteiger charge is 1.46. The first-order valence-corrected chi connectivity index (χ1v) is 2.30. The number of hydrogen-bond acceptors (Lipinski definition) is 0. The largest absolute Gasteiger partial charge is 1.00 e. The zero-order chi connectivity index (χ0) is 2.71. The summed E-state index contributed by atoms with van der Waals surface area (Å²) in [7, 11) is 1.74. The Bertz CT molecular complexity index is 6.00. The third-order valence-corrected chi connectivity index (χ3v) is 0. The summed E-state index contributed by atoms with van der Waals surface area (Å²) >= 11 is 5.01. The molecule has 0 aliphatic heterocycles. The second kappa shape index (κ2) is 8.99. The SMILES string of the molecule is [Cl-].[PH3+]CCl. The van der Waals surface area contributed by atoms with Gasteiger partial charge in [-0.1, -0.05) is 11.6 Å². The van der Waals surface area contributed by atoms with E-state index < -0.39 is 0 Å². The Morgan fingerprint density at radius 3 is 1.75 bits per heavy atom. The monoisotopic (exact) mass is 118 g/mol. The molecular formula is CH5Cl2P. The highest BCUT2D eigenvalue weighted by atomic mass is 35.5. The molecule has 0 amide bonds. The van der Waals surface area contributed by atoms with Crippen molar-refractivity contribution in [2.45, 2.75) is 0 Å². The van der Waals surface area contributed by atoms with E-state index in [1.54, 1.807) is 9.24 Å². The molecule has 0 rings (SSSR count). The minimum Gasteiger partial charge on any atom is -1.00 e. The molecule has 1 atom stereocenters. The summed E-state index contributed by atoms with van der Waals surface area (Å²) in [5.41, 5.74) is 0.750. The van der Waals surface area contributed by atoms with Gasteiger partial charge in [0.1, 0.15) is 5.62 Å². The maximum absolute atomic E-state index is 5.01. The second-order valence-electron chi connectivity index (χ2n) is 0.189. The smallest absolute Gasteiger partial charge is 0.125 e. The molecule has 0 heterocycles. The average molecular weight is 119 g/mol. The van der Waals surface area contributed by atoms with Crippen LogP contribution in [0.3, 0.4) is 0 Å².